The Morgan fingerprint density at radius 2 is 2.27 bits per heavy atom. The number of nitrogens with one attached hydrogen (secondary N) is 1. The van der Waals surface area contributed by atoms with E-state index in [1.165, 1.54) is 7.11 Å². The SMILES string of the molecule is CCOC(=O)c1c(OC)cc(=O)[nH]c1O. The molecule has 0 fully saturated rings. The lowest BCUT2D eigenvalue weighted by atomic mass is 10.2. The number of aromatic hydroxyl groups is 1. The van der Waals surface area contributed by atoms with E-state index in [9.17, 15) is 14.7 Å². The van der Waals surface area contributed by atoms with E-state index in [1.807, 2.05) is 0 Å². The fourth-order valence-corrected chi connectivity index (χ4v) is 1.08. The van der Waals surface area contributed by atoms with E-state index >= 15 is 0 Å². The number of H-pyrrole nitrogens is 1. The van der Waals surface area contributed by atoms with Crippen molar-refractivity contribution < 1.29 is 19.4 Å². The number of carbonyl (C=O) groups excluding carboxylic acids is 1. The number of ether oxygens (including phenoxy) is 2. The van der Waals surface area contributed by atoms with Crippen LogP contribution in [0.1, 0.15) is 17.3 Å². The molecule has 6 nitrogen and oxygen atoms in total. The Hall–Kier alpha value is -1.98. The standard InChI is InChI=1S/C9H11NO5/c1-3-15-9(13)7-5(14-2)4-6(11)10-8(7)12/h4H,3H2,1-2H3,(H2,10,11,12). The summed E-state index contributed by atoms with van der Waals surface area (Å²) in [5, 5.41) is 9.36. The maximum Gasteiger partial charge on any atom is 0.347 e. The molecule has 0 amide bonds. The molecular weight excluding hydrogens is 202 g/mol. The minimum Gasteiger partial charge on any atom is -0.495 e. The monoisotopic (exact) mass is 213 g/mol. The smallest absolute Gasteiger partial charge is 0.347 e. The molecule has 82 valence electrons. The number of aromatic amines is 1. The molecule has 0 saturated carbocycles. The average molecular weight is 213 g/mol. The van der Waals surface area contributed by atoms with Crippen LogP contribution in [-0.2, 0) is 4.74 Å². The van der Waals surface area contributed by atoms with Crippen molar-refractivity contribution in [3.63, 3.8) is 0 Å². The highest BCUT2D eigenvalue weighted by Crippen LogP contribution is 2.23. The maximum atomic E-state index is 11.4. The average Bonchev–Trinajstić information content (AvgIpc) is 2.16. The van der Waals surface area contributed by atoms with Crippen LogP contribution < -0.4 is 10.3 Å². The van der Waals surface area contributed by atoms with Crippen molar-refractivity contribution in [1.82, 2.24) is 4.98 Å². The number of hydrogen-bond donors (Lipinski definition) is 2. The minimum atomic E-state index is -0.747. The molecule has 0 bridgehead atoms. The predicted molar refractivity (Wildman–Crippen MR) is 51.2 cm³/mol. The second-order valence-electron chi connectivity index (χ2n) is 2.65. The fraction of sp³-hybridized carbons (Fsp3) is 0.333. The molecule has 0 atom stereocenters. The topological polar surface area (TPSA) is 88.6 Å². The molecule has 0 saturated heterocycles. The lowest BCUT2D eigenvalue weighted by Crippen LogP contribution is -2.13. The Bertz CT molecular complexity index is 423. The number of methoxy groups -OCH3 is 1. The molecule has 1 aromatic rings. The maximum absolute atomic E-state index is 11.4. The lowest BCUT2D eigenvalue weighted by molar-refractivity contribution is 0.0518. The highest BCUT2D eigenvalue weighted by Gasteiger charge is 2.19. The van der Waals surface area contributed by atoms with Crippen LogP contribution in [0.15, 0.2) is 10.9 Å². The number of carbonyl (C=O) groups is 1. The van der Waals surface area contributed by atoms with Crippen molar-refractivity contribution in [3.8, 4) is 11.6 Å². The van der Waals surface area contributed by atoms with Gasteiger partial charge in [-0.1, -0.05) is 0 Å². The van der Waals surface area contributed by atoms with Crippen LogP contribution in [0.4, 0.5) is 0 Å². The Morgan fingerprint density at radius 1 is 1.60 bits per heavy atom. The number of hydrogen-bond acceptors (Lipinski definition) is 5. The second-order valence-corrected chi connectivity index (χ2v) is 2.65. The van der Waals surface area contributed by atoms with E-state index in [0.29, 0.717) is 0 Å². The van der Waals surface area contributed by atoms with Crippen molar-refractivity contribution >= 4 is 5.97 Å². The van der Waals surface area contributed by atoms with Gasteiger partial charge in [-0.3, -0.25) is 9.78 Å². The van der Waals surface area contributed by atoms with E-state index in [1.54, 1.807) is 6.92 Å². The second kappa shape index (κ2) is 4.50. The fourth-order valence-electron chi connectivity index (χ4n) is 1.08. The van der Waals surface area contributed by atoms with Gasteiger partial charge in [0.25, 0.3) is 5.56 Å². The van der Waals surface area contributed by atoms with Gasteiger partial charge in [0.1, 0.15) is 5.75 Å². The molecule has 1 aromatic heterocycles. The lowest BCUT2D eigenvalue weighted by Gasteiger charge is -2.08. The van der Waals surface area contributed by atoms with E-state index in [2.05, 4.69) is 4.98 Å². The van der Waals surface area contributed by atoms with Crippen LogP contribution >= 0.6 is 0 Å². The molecule has 0 aliphatic heterocycles. The number of rotatable bonds is 3. The zero-order chi connectivity index (χ0) is 11.4. The van der Waals surface area contributed by atoms with Gasteiger partial charge in [-0.05, 0) is 6.92 Å². The molecule has 15 heavy (non-hydrogen) atoms. The van der Waals surface area contributed by atoms with Crippen molar-refractivity contribution in [2.24, 2.45) is 0 Å². The molecule has 0 aliphatic carbocycles. The molecule has 0 aromatic carbocycles. The summed E-state index contributed by atoms with van der Waals surface area (Å²) in [6.07, 6.45) is 0. The number of pyridine rings is 1. The van der Waals surface area contributed by atoms with Gasteiger partial charge < -0.3 is 14.6 Å². The van der Waals surface area contributed by atoms with Gasteiger partial charge in [0.15, 0.2) is 5.56 Å². The summed E-state index contributed by atoms with van der Waals surface area (Å²) >= 11 is 0. The van der Waals surface area contributed by atoms with Crippen molar-refractivity contribution in [3.05, 3.63) is 22.0 Å². The molecule has 0 spiro atoms. The zero-order valence-corrected chi connectivity index (χ0v) is 8.36. The van der Waals surface area contributed by atoms with Crippen LogP contribution in [-0.4, -0.2) is 29.8 Å². The van der Waals surface area contributed by atoms with Gasteiger partial charge in [-0.2, -0.15) is 0 Å². The third-order valence-electron chi connectivity index (χ3n) is 1.69. The highest BCUT2D eigenvalue weighted by atomic mass is 16.5. The van der Waals surface area contributed by atoms with Crippen molar-refractivity contribution in [2.45, 2.75) is 6.92 Å². The van der Waals surface area contributed by atoms with Crippen LogP contribution in [0.2, 0.25) is 0 Å². The van der Waals surface area contributed by atoms with Gasteiger partial charge in [-0.25, -0.2) is 4.79 Å². The quantitative estimate of drug-likeness (QED) is 0.703. The summed E-state index contributed by atoms with van der Waals surface area (Å²) in [5.74, 6) is -1.32. The largest absolute Gasteiger partial charge is 0.495 e. The Labute approximate surface area is 85.5 Å². The van der Waals surface area contributed by atoms with E-state index in [4.69, 9.17) is 9.47 Å². The van der Waals surface area contributed by atoms with Gasteiger partial charge in [-0.15, -0.1) is 0 Å². The molecule has 0 unspecified atom stereocenters. The van der Waals surface area contributed by atoms with E-state index < -0.39 is 17.4 Å². The van der Waals surface area contributed by atoms with Gasteiger partial charge in [0.2, 0.25) is 5.88 Å². The molecule has 6 heteroatoms. The molecule has 2 N–H and O–H groups in total. The molecule has 0 radical (unpaired) electrons. The normalized spacial score (nSPS) is 9.73. The highest BCUT2D eigenvalue weighted by molar-refractivity contribution is 5.94. The number of aromatic nitrogens is 1. The summed E-state index contributed by atoms with van der Waals surface area (Å²) in [7, 11) is 1.29. The first-order valence-electron chi connectivity index (χ1n) is 4.27. The molecule has 1 rings (SSSR count). The summed E-state index contributed by atoms with van der Waals surface area (Å²) in [6.45, 7) is 1.80. The molecular formula is C9H11NO5. The minimum absolute atomic E-state index is 0.0188. The van der Waals surface area contributed by atoms with Crippen molar-refractivity contribution in [2.75, 3.05) is 13.7 Å². The van der Waals surface area contributed by atoms with Gasteiger partial charge in [0, 0.05) is 6.07 Å². The summed E-state index contributed by atoms with van der Waals surface area (Å²) in [6, 6.07) is 1.06. The molecule has 0 aliphatic rings. The summed E-state index contributed by atoms with van der Waals surface area (Å²) in [4.78, 5) is 24.4. The zero-order valence-electron chi connectivity index (χ0n) is 8.36. The first-order chi connectivity index (χ1) is 7.10. The third kappa shape index (κ3) is 2.28. The Kier molecular flexibility index (Phi) is 3.33. The van der Waals surface area contributed by atoms with Crippen LogP contribution in [0.3, 0.4) is 0 Å². The van der Waals surface area contributed by atoms with Crippen LogP contribution in [0, 0.1) is 0 Å². The summed E-state index contributed by atoms with van der Waals surface area (Å²) < 4.78 is 9.48. The first kappa shape index (κ1) is 11.1. The van der Waals surface area contributed by atoms with Crippen LogP contribution in [0.5, 0.6) is 11.6 Å². The predicted octanol–water partition coefficient (Wildman–Crippen LogP) is 0.266. The summed E-state index contributed by atoms with van der Waals surface area (Å²) in [5.41, 5.74) is -0.739. The Morgan fingerprint density at radius 3 is 2.80 bits per heavy atom. The van der Waals surface area contributed by atoms with E-state index in [0.717, 1.165) is 6.07 Å². The number of esters is 1. The van der Waals surface area contributed by atoms with Gasteiger partial charge >= 0.3 is 5.97 Å². The Balaban J connectivity index is 3.26. The van der Waals surface area contributed by atoms with E-state index in [-0.39, 0.29) is 17.9 Å². The van der Waals surface area contributed by atoms with Crippen molar-refractivity contribution in [1.29, 1.82) is 0 Å². The van der Waals surface area contributed by atoms with Gasteiger partial charge in [0.05, 0.1) is 13.7 Å². The third-order valence-corrected chi connectivity index (χ3v) is 1.69. The first-order valence-corrected chi connectivity index (χ1v) is 4.27. The molecule has 1 heterocycles. The van der Waals surface area contributed by atoms with Crippen LogP contribution in [0.25, 0.3) is 0 Å².